The van der Waals surface area contributed by atoms with Crippen molar-refractivity contribution in [2.75, 3.05) is 14.2 Å². The molecule has 0 aromatic heterocycles. The molecule has 1 aliphatic carbocycles. The molecular weight excluding hydrogens is 190 g/mol. The van der Waals surface area contributed by atoms with Gasteiger partial charge in [-0.3, -0.25) is 4.79 Å². The fraction of sp³-hybridized carbons (Fsp3) is 0.417. The molecule has 0 bridgehead atoms. The van der Waals surface area contributed by atoms with Crippen molar-refractivity contribution in [1.82, 2.24) is 5.32 Å². The van der Waals surface area contributed by atoms with E-state index in [-0.39, 0.29) is 11.3 Å². The molecule has 1 aromatic rings. The Morgan fingerprint density at radius 2 is 2.20 bits per heavy atom. The second kappa shape index (κ2) is 3.57. The Labute approximate surface area is 89.4 Å². The van der Waals surface area contributed by atoms with Gasteiger partial charge in [-0.2, -0.15) is 0 Å². The second-order valence-corrected chi connectivity index (χ2v) is 3.89. The number of hydrogen-bond acceptors (Lipinski definition) is 2. The number of nitrogens with one attached hydrogen (secondary N) is 1. The lowest BCUT2D eigenvalue weighted by Crippen LogP contribution is -2.31. The maximum absolute atomic E-state index is 11.7. The van der Waals surface area contributed by atoms with Crippen LogP contribution in [-0.2, 0) is 10.2 Å². The SMILES string of the molecule is CNC(=O)C1(c2cccc(OC)c2)CC1. The third kappa shape index (κ3) is 1.58. The lowest BCUT2D eigenvalue weighted by Gasteiger charge is -2.14. The van der Waals surface area contributed by atoms with E-state index >= 15 is 0 Å². The number of methoxy groups -OCH3 is 1. The molecule has 1 saturated carbocycles. The van der Waals surface area contributed by atoms with E-state index < -0.39 is 0 Å². The van der Waals surface area contributed by atoms with E-state index in [2.05, 4.69) is 5.32 Å². The summed E-state index contributed by atoms with van der Waals surface area (Å²) in [6, 6.07) is 7.76. The fourth-order valence-electron chi connectivity index (χ4n) is 1.93. The number of amides is 1. The number of hydrogen-bond donors (Lipinski definition) is 1. The summed E-state index contributed by atoms with van der Waals surface area (Å²) in [5.74, 6) is 0.915. The van der Waals surface area contributed by atoms with E-state index in [0.717, 1.165) is 24.2 Å². The predicted octanol–water partition coefficient (Wildman–Crippen LogP) is 1.47. The quantitative estimate of drug-likeness (QED) is 0.811. The molecular formula is C12H15NO2. The molecule has 15 heavy (non-hydrogen) atoms. The summed E-state index contributed by atoms with van der Waals surface area (Å²) in [6.45, 7) is 0. The zero-order chi connectivity index (χ0) is 10.9. The zero-order valence-electron chi connectivity index (χ0n) is 9.04. The van der Waals surface area contributed by atoms with Gasteiger partial charge in [0, 0.05) is 7.05 Å². The largest absolute Gasteiger partial charge is 0.497 e. The standard InChI is InChI=1S/C12H15NO2/c1-13-11(14)12(6-7-12)9-4-3-5-10(8-9)15-2/h3-5,8H,6-7H2,1-2H3,(H,13,14). The van der Waals surface area contributed by atoms with E-state index in [9.17, 15) is 4.79 Å². The first-order valence-corrected chi connectivity index (χ1v) is 5.09. The molecule has 3 heteroatoms. The van der Waals surface area contributed by atoms with Crippen LogP contribution in [0.3, 0.4) is 0 Å². The van der Waals surface area contributed by atoms with Gasteiger partial charge in [0.2, 0.25) is 5.91 Å². The minimum Gasteiger partial charge on any atom is -0.497 e. The van der Waals surface area contributed by atoms with Crippen LogP contribution in [0, 0.1) is 0 Å². The van der Waals surface area contributed by atoms with Gasteiger partial charge in [-0.25, -0.2) is 0 Å². The summed E-state index contributed by atoms with van der Waals surface area (Å²) < 4.78 is 5.16. The Hall–Kier alpha value is -1.51. The van der Waals surface area contributed by atoms with Crippen molar-refractivity contribution >= 4 is 5.91 Å². The molecule has 0 spiro atoms. The van der Waals surface area contributed by atoms with Crippen molar-refractivity contribution in [3.63, 3.8) is 0 Å². The van der Waals surface area contributed by atoms with Gasteiger partial charge in [-0.15, -0.1) is 0 Å². The van der Waals surface area contributed by atoms with Crippen LogP contribution in [0.5, 0.6) is 5.75 Å². The number of ether oxygens (including phenoxy) is 1. The van der Waals surface area contributed by atoms with Gasteiger partial charge < -0.3 is 10.1 Å². The average molecular weight is 205 g/mol. The van der Waals surface area contributed by atoms with Crippen molar-refractivity contribution in [2.45, 2.75) is 18.3 Å². The molecule has 0 saturated heterocycles. The lowest BCUT2D eigenvalue weighted by molar-refractivity contribution is -0.123. The molecule has 1 aliphatic rings. The van der Waals surface area contributed by atoms with E-state index in [0.29, 0.717) is 0 Å². The van der Waals surface area contributed by atoms with Gasteiger partial charge in [0.25, 0.3) is 0 Å². The first-order chi connectivity index (χ1) is 7.23. The van der Waals surface area contributed by atoms with Gasteiger partial charge >= 0.3 is 0 Å². The molecule has 1 amide bonds. The highest BCUT2D eigenvalue weighted by atomic mass is 16.5. The van der Waals surface area contributed by atoms with Crippen molar-refractivity contribution in [3.05, 3.63) is 29.8 Å². The first kappa shape index (κ1) is 10.0. The molecule has 0 heterocycles. The molecule has 80 valence electrons. The maximum atomic E-state index is 11.7. The number of likely N-dealkylation sites (N-methyl/N-ethyl adjacent to an activating group) is 1. The van der Waals surface area contributed by atoms with Gasteiger partial charge in [-0.05, 0) is 30.5 Å². The topological polar surface area (TPSA) is 38.3 Å². The van der Waals surface area contributed by atoms with Crippen molar-refractivity contribution in [2.24, 2.45) is 0 Å². The summed E-state index contributed by atoms with van der Waals surface area (Å²) in [5, 5.41) is 2.72. The number of carbonyl (C=O) groups excluding carboxylic acids is 1. The van der Waals surface area contributed by atoms with Crippen molar-refractivity contribution < 1.29 is 9.53 Å². The van der Waals surface area contributed by atoms with E-state index in [4.69, 9.17) is 4.74 Å². The molecule has 2 rings (SSSR count). The van der Waals surface area contributed by atoms with Crippen LogP contribution < -0.4 is 10.1 Å². The van der Waals surface area contributed by atoms with Gasteiger partial charge in [-0.1, -0.05) is 12.1 Å². The smallest absolute Gasteiger partial charge is 0.230 e. The minimum atomic E-state index is -0.288. The first-order valence-electron chi connectivity index (χ1n) is 5.09. The van der Waals surface area contributed by atoms with E-state index in [1.807, 2.05) is 24.3 Å². The fourth-order valence-corrected chi connectivity index (χ4v) is 1.93. The molecule has 1 aromatic carbocycles. The highest BCUT2D eigenvalue weighted by Gasteiger charge is 2.50. The van der Waals surface area contributed by atoms with Crippen LogP contribution in [0.1, 0.15) is 18.4 Å². The Kier molecular flexibility index (Phi) is 2.39. The summed E-state index contributed by atoms with van der Waals surface area (Å²) in [4.78, 5) is 11.7. The van der Waals surface area contributed by atoms with Crippen molar-refractivity contribution in [1.29, 1.82) is 0 Å². The van der Waals surface area contributed by atoms with Crippen LogP contribution in [0.25, 0.3) is 0 Å². The summed E-state index contributed by atoms with van der Waals surface area (Å²) in [6.07, 6.45) is 1.86. The van der Waals surface area contributed by atoms with Crippen LogP contribution in [0.4, 0.5) is 0 Å². The Morgan fingerprint density at radius 1 is 1.47 bits per heavy atom. The highest BCUT2D eigenvalue weighted by Crippen LogP contribution is 2.48. The Balaban J connectivity index is 2.33. The second-order valence-electron chi connectivity index (χ2n) is 3.89. The van der Waals surface area contributed by atoms with Gasteiger partial charge in [0.05, 0.1) is 12.5 Å². The highest BCUT2D eigenvalue weighted by molar-refractivity contribution is 5.91. The van der Waals surface area contributed by atoms with Crippen LogP contribution >= 0.6 is 0 Å². The normalized spacial score (nSPS) is 16.9. The molecule has 1 fully saturated rings. The maximum Gasteiger partial charge on any atom is 0.230 e. The van der Waals surface area contributed by atoms with Gasteiger partial charge in [0.15, 0.2) is 0 Å². The number of rotatable bonds is 3. The lowest BCUT2D eigenvalue weighted by atomic mass is 9.95. The van der Waals surface area contributed by atoms with E-state index in [1.165, 1.54) is 0 Å². The summed E-state index contributed by atoms with van der Waals surface area (Å²) in [7, 11) is 3.32. The van der Waals surface area contributed by atoms with Crippen LogP contribution in [0.2, 0.25) is 0 Å². The average Bonchev–Trinajstić information content (AvgIpc) is 3.09. The number of carbonyl (C=O) groups is 1. The van der Waals surface area contributed by atoms with Crippen LogP contribution in [-0.4, -0.2) is 20.1 Å². The molecule has 0 aliphatic heterocycles. The Morgan fingerprint density at radius 3 is 2.73 bits per heavy atom. The van der Waals surface area contributed by atoms with Crippen molar-refractivity contribution in [3.8, 4) is 5.75 Å². The van der Waals surface area contributed by atoms with E-state index in [1.54, 1.807) is 14.2 Å². The molecule has 0 unspecified atom stereocenters. The predicted molar refractivity (Wildman–Crippen MR) is 58.0 cm³/mol. The Bertz CT molecular complexity index is 383. The zero-order valence-corrected chi connectivity index (χ0v) is 9.04. The third-order valence-corrected chi connectivity index (χ3v) is 3.03. The van der Waals surface area contributed by atoms with Crippen LogP contribution in [0.15, 0.2) is 24.3 Å². The minimum absolute atomic E-state index is 0.107. The molecule has 1 N–H and O–H groups in total. The molecule has 0 radical (unpaired) electrons. The summed E-state index contributed by atoms with van der Waals surface area (Å²) >= 11 is 0. The third-order valence-electron chi connectivity index (χ3n) is 3.03. The number of benzene rings is 1. The molecule has 0 atom stereocenters. The molecule has 3 nitrogen and oxygen atoms in total. The monoisotopic (exact) mass is 205 g/mol. The summed E-state index contributed by atoms with van der Waals surface area (Å²) in [5.41, 5.74) is 0.768. The van der Waals surface area contributed by atoms with Gasteiger partial charge in [0.1, 0.15) is 5.75 Å².